The summed E-state index contributed by atoms with van der Waals surface area (Å²) in [6.07, 6.45) is -0.942. The first-order valence-corrected chi connectivity index (χ1v) is 10.3. The predicted molar refractivity (Wildman–Crippen MR) is 116 cm³/mol. The van der Waals surface area contributed by atoms with Crippen LogP contribution in [0, 0.1) is 5.82 Å². The molecule has 0 bridgehead atoms. The highest BCUT2D eigenvalue weighted by Gasteiger charge is 2.33. The van der Waals surface area contributed by atoms with Gasteiger partial charge in [0, 0.05) is 32.7 Å². The van der Waals surface area contributed by atoms with E-state index in [2.05, 4.69) is 10.7 Å². The van der Waals surface area contributed by atoms with Gasteiger partial charge in [0.05, 0.1) is 38.0 Å². The highest BCUT2D eigenvalue weighted by molar-refractivity contribution is 7.80. The van der Waals surface area contributed by atoms with Gasteiger partial charge < -0.3 is 24.8 Å². The fourth-order valence-electron chi connectivity index (χ4n) is 3.47. The number of hydrogen-bond acceptors (Lipinski definition) is 8. The lowest BCUT2D eigenvalue weighted by Crippen LogP contribution is -2.40. The van der Waals surface area contributed by atoms with E-state index in [-0.39, 0.29) is 18.1 Å². The molecule has 2 heterocycles. The van der Waals surface area contributed by atoms with Crippen LogP contribution in [0.2, 0.25) is 0 Å². The highest BCUT2D eigenvalue weighted by Crippen LogP contribution is 2.28. The number of anilines is 2. The second-order valence-corrected chi connectivity index (χ2v) is 7.52. The molecular formula is C19H26FN5O5S. The number of amides is 1. The van der Waals surface area contributed by atoms with Crippen molar-refractivity contribution in [3.05, 3.63) is 24.0 Å². The normalized spacial score (nSPS) is 19.7. The fourth-order valence-corrected chi connectivity index (χ4v) is 3.55. The first-order chi connectivity index (χ1) is 14.9. The lowest BCUT2D eigenvalue weighted by molar-refractivity contribution is -0.137. The Morgan fingerprint density at radius 3 is 2.94 bits per heavy atom. The number of hydrazine groups is 1. The number of nitrogens with one attached hydrogen (secondary N) is 2. The maximum absolute atomic E-state index is 14.9. The third-order valence-corrected chi connectivity index (χ3v) is 5.38. The molecule has 1 atom stereocenters. The number of benzene rings is 1. The Labute approximate surface area is 184 Å². The van der Waals surface area contributed by atoms with Gasteiger partial charge in [-0.25, -0.2) is 14.2 Å². The smallest absolute Gasteiger partial charge is 0.414 e. The maximum atomic E-state index is 14.9. The molecule has 1 amide bonds. The van der Waals surface area contributed by atoms with Crippen molar-refractivity contribution in [2.45, 2.75) is 12.5 Å². The molecule has 3 rings (SSSR count). The van der Waals surface area contributed by atoms with Gasteiger partial charge in [0.15, 0.2) is 0 Å². The average Bonchev–Trinajstić information content (AvgIpc) is 2.96. The van der Waals surface area contributed by atoms with E-state index in [1.54, 1.807) is 12.1 Å². The van der Waals surface area contributed by atoms with Crippen LogP contribution in [0.3, 0.4) is 0 Å². The molecule has 12 heteroatoms. The van der Waals surface area contributed by atoms with Gasteiger partial charge in [-0.3, -0.25) is 15.1 Å². The third kappa shape index (κ3) is 6.15. The summed E-state index contributed by atoms with van der Waals surface area (Å²) in [5.74, 6) is -1.30. The zero-order valence-corrected chi connectivity index (χ0v) is 18.0. The molecule has 0 aromatic heterocycles. The minimum Gasteiger partial charge on any atom is -0.481 e. The zero-order valence-electron chi connectivity index (χ0n) is 17.2. The van der Waals surface area contributed by atoms with Gasteiger partial charge in [0.25, 0.3) is 5.17 Å². The van der Waals surface area contributed by atoms with Crippen molar-refractivity contribution in [3.8, 4) is 0 Å². The van der Waals surface area contributed by atoms with E-state index in [1.165, 1.54) is 18.1 Å². The van der Waals surface area contributed by atoms with Gasteiger partial charge in [0.2, 0.25) is 0 Å². The zero-order chi connectivity index (χ0) is 22.4. The van der Waals surface area contributed by atoms with Gasteiger partial charge in [-0.2, -0.15) is 0 Å². The van der Waals surface area contributed by atoms with Crippen molar-refractivity contribution in [3.63, 3.8) is 0 Å². The number of carbonyl (C=O) groups is 2. The number of thiocarbonyl (C=S) groups is 1. The van der Waals surface area contributed by atoms with Gasteiger partial charge in [-0.05, 0) is 30.4 Å². The van der Waals surface area contributed by atoms with Crippen LogP contribution in [0.4, 0.5) is 20.6 Å². The Balaban J connectivity index is 1.60. The SMILES string of the molecule is COC(=S)NC[C@H]1CN(c2ccc(N3CCNN(CCC(=O)O)CC3)c(F)c2)C(=O)O1. The summed E-state index contributed by atoms with van der Waals surface area (Å²) >= 11 is 4.90. The number of ether oxygens (including phenoxy) is 2. The number of nitrogens with zero attached hydrogens (tertiary/aromatic N) is 3. The molecule has 0 aliphatic carbocycles. The minimum atomic E-state index is -0.857. The maximum Gasteiger partial charge on any atom is 0.414 e. The van der Waals surface area contributed by atoms with E-state index in [0.717, 1.165) is 0 Å². The molecular weight excluding hydrogens is 429 g/mol. The number of methoxy groups -OCH3 is 1. The molecule has 2 saturated heterocycles. The molecule has 0 unspecified atom stereocenters. The molecule has 0 saturated carbocycles. The van der Waals surface area contributed by atoms with Crippen LogP contribution in [-0.2, 0) is 14.3 Å². The Hall–Kier alpha value is -2.70. The summed E-state index contributed by atoms with van der Waals surface area (Å²) in [5.41, 5.74) is 4.01. The molecule has 3 N–H and O–H groups in total. The molecule has 2 aliphatic heterocycles. The summed E-state index contributed by atoms with van der Waals surface area (Å²) in [4.78, 5) is 26.2. The lowest BCUT2D eigenvalue weighted by Gasteiger charge is -2.24. The van der Waals surface area contributed by atoms with Crippen LogP contribution in [0.1, 0.15) is 6.42 Å². The monoisotopic (exact) mass is 455 g/mol. The van der Waals surface area contributed by atoms with Crippen LogP contribution >= 0.6 is 12.2 Å². The van der Waals surface area contributed by atoms with E-state index in [0.29, 0.717) is 50.6 Å². The molecule has 1 aromatic carbocycles. The van der Waals surface area contributed by atoms with Crippen LogP contribution in [-0.4, -0.2) is 86.4 Å². The number of rotatable bonds is 7. The van der Waals surface area contributed by atoms with Crippen LogP contribution in [0.25, 0.3) is 0 Å². The Morgan fingerprint density at radius 2 is 2.23 bits per heavy atom. The number of carboxylic acid groups (broad SMARTS) is 1. The van der Waals surface area contributed by atoms with E-state index in [1.807, 2.05) is 9.91 Å². The first kappa shape index (κ1) is 23.0. The highest BCUT2D eigenvalue weighted by atomic mass is 32.1. The summed E-state index contributed by atoms with van der Waals surface area (Å²) in [6, 6.07) is 4.67. The number of halogens is 1. The minimum absolute atomic E-state index is 0.0375. The van der Waals surface area contributed by atoms with Crippen molar-refractivity contribution >= 4 is 40.8 Å². The second kappa shape index (κ2) is 10.6. The summed E-state index contributed by atoms with van der Waals surface area (Å²) in [6.45, 7) is 3.19. The molecule has 10 nitrogen and oxygen atoms in total. The Morgan fingerprint density at radius 1 is 1.42 bits per heavy atom. The molecule has 0 spiro atoms. The number of hydrogen-bond donors (Lipinski definition) is 3. The van der Waals surface area contributed by atoms with Gasteiger partial charge in [-0.1, -0.05) is 0 Å². The quantitative estimate of drug-likeness (QED) is 0.511. The lowest BCUT2D eigenvalue weighted by atomic mass is 10.2. The standard InChI is InChI=1S/C19H26FN5O5S/c1-29-18(31)21-11-14-12-25(19(28)30-14)13-2-3-16(15(20)10-13)23-7-5-22-24(9-8-23)6-4-17(26)27/h2-3,10,14,22H,4-9,11-12H2,1H3,(H,21,31)(H,26,27)/t14-/m0/s1. The third-order valence-electron chi connectivity index (χ3n) is 5.07. The number of carbonyl (C=O) groups excluding carboxylic acids is 1. The molecule has 2 fully saturated rings. The van der Waals surface area contributed by atoms with Crippen molar-refractivity contribution in [1.29, 1.82) is 0 Å². The Bertz CT molecular complexity index is 829. The summed E-state index contributed by atoms with van der Waals surface area (Å²) in [7, 11) is 1.45. The topological polar surface area (TPSA) is 107 Å². The summed E-state index contributed by atoms with van der Waals surface area (Å²) in [5, 5.41) is 13.7. The molecule has 1 aromatic rings. The summed E-state index contributed by atoms with van der Waals surface area (Å²) < 4.78 is 25.1. The van der Waals surface area contributed by atoms with E-state index >= 15 is 0 Å². The van der Waals surface area contributed by atoms with Crippen LogP contribution in [0.5, 0.6) is 0 Å². The van der Waals surface area contributed by atoms with Gasteiger partial charge >= 0.3 is 12.1 Å². The van der Waals surface area contributed by atoms with Crippen molar-refractivity contribution in [2.75, 3.05) is 62.7 Å². The largest absolute Gasteiger partial charge is 0.481 e. The number of aliphatic carboxylic acids is 1. The van der Waals surface area contributed by atoms with Crippen molar-refractivity contribution in [1.82, 2.24) is 15.8 Å². The average molecular weight is 456 g/mol. The van der Waals surface area contributed by atoms with E-state index in [4.69, 9.17) is 26.8 Å². The molecule has 2 aliphatic rings. The molecule has 31 heavy (non-hydrogen) atoms. The van der Waals surface area contributed by atoms with E-state index < -0.39 is 24.0 Å². The fraction of sp³-hybridized carbons (Fsp3) is 0.526. The van der Waals surface area contributed by atoms with E-state index in [9.17, 15) is 14.0 Å². The number of cyclic esters (lactones) is 1. The molecule has 0 radical (unpaired) electrons. The first-order valence-electron chi connectivity index (χ1n) is 9.92. The predicted octanol–water partition coefficient (Wildman–Crippen LogP) is 0.773. The van der Waals surface area contributed by atoms with Crippen LogP contribution in [0.15, 0.2) is 18.2 Å². The van der Waals surface area contributed by atoms with Crippen molar-refractivity contribution in [2.24, 2.45) is 0 Å². The van der Waals surface area contributed by atoms with Crippen molar-refractivity contribution < 1.29 is 28.6 Å². The van der Waals surface area contributed by atoms with Gasteiger partial charge in [-0.15, -0.1) is 0 Å². The second-order valence-electron chi connectivity index (χ2n) is 7.15. The van der Waals surface area contributed by atoms with Gasteiger partial charge in [0.1, 0.15) is 11.9 Å². The Kier molecular flexibility index (Phi) is 7.82. The van der Waals surface area contributed by atoms with Crippen LogP contribution < -0.4 is 20.5 Å². The number of carboxylic acids is 1. The molecule has 170 valence electrons.